The molecule has 2 aromatic rings. The van der Waals surface area contributed by atoms with E-state index in [2.05, 4.69) is 0 Å². The number of nitro benzene ring substituents is 1. The van der Waals surface area contributed by atoms with Gasteiger partial charge in [-0.1, -0.05) is 52.2 Å². The summed E-state index contributed by atoms with van der Waals surface area (Å²) >= 11 is 0. The number of unbranched alkanes of at least 4 members (excludes halogenated alkanes) is 3. The molecule has 0 radical (unpaired) electrons. The standard InChI is InChI=1S/C29H35NO10/c1-4-7-14-20(31)23-25(29(36)39-17-18-12-10-11-13-19(18)30(37)38)24(21(32)15-8-5-2)28(27(35)26(23)34)40-22(33)16-9-6-3/h10-13,34-35H,4-9,14-17H2,1-3H3. The number of esters is 2. The number of Topliss-reactive ketones (excluding diaryl/α,β-unsaturated/α-hetero) is 2. The molecule has 2 rings (SSSR count). The molecule has 2 aromatic carbocycles. The van der Waals surface area contributed by atoms with Gasteiger partial charge in [-0.3, -0.25) is 24.5 Å². The van der Waals surface area contributed by atoms with Crippen LogP contribution in [0.15, 0.2) is 24.3 Å². The van der Waals surface area contributed by atoms with Gasteiger partial charge in [-0.15, -0.1) is 0 Å². The third-order valence-electron chi connectivity index (χ3n) is 6.18. The van der Waals surface area contributed by atoms with Crippen LogP contribution in [0, 0.1) is 10.1 Å². The maximum atomic E-state index is 13.5. The van der Waals surface area contributed by atoms with Gasteiger partial charge in [0.2, 0.25) is 5.75 Å². The zero-order valence-corrected chi connectivity index (χ0v) is 23.0. The summed E-state index contributed by atoms with van der Waals surface area (Å²) < 4.78 is 10.6. The van der Waals surface area contributed by atoms with Crippen molar-refractivity contribution in [2.24, 2.45) is 0 Å². The molecule has 11 heteroatoms. The first-order valence-corrected chi connectivity index (χ1v) is 13.4. The monoisotopic (exact) mass is 557 g/mol. The molecule has 0 aliphatic heterocycles. The van der Waals surface area contributed by atoms with Crippen molar-refractivity contribution in [2.45, 2.75) is 85.2 Å². The van der Waals surface area contributed by atoms with Crippen LogP contribution in [0.3, 0.4) is 0 Å². The van der Waals surface area contributed by atoms with E-state index in [1.54, 1.807) is 0 Å². The summed E-state index contributed by atoms with van der Waals surface area (Å²) in [5.41, 5.74) is -2.11. The molecule has 0 aliphatic rings. The van der Waals surface area contributed by atoms with E-state index < -0.39 is 69.0 Å². The van der Waals surface area contributed by atoms with Crippen LogP contribution in [0.4, 0.5) is 5.69 Å². The Kier molecular flexibility index (Phi) is 12.3. The van der Waals surface area contributed by atoms with Gasteiger partial charge in [-0.2, -0.15) is 0 Å². The molecular weight excluding hydrogens is 522 g/mol. The third kappa shape index (κ3) is 7.87. The first-order chi connectivity index (χ1) is 19.1. The van der Waals surface area contributed by atoms with Gasteiger partial charge in [0.1, 0.15) is 6.61 Å². The van der Waals surface area contributed by atoms with Crippen molar-refractivity contribution in [1.82, 2.24) is 0 Å². The minimum absolute atomic E-state index is 0.0489. The lowest BCUT2D eigenvalue weighted by Crippen LogP contribution is -2.21. The third-order valence-corrected chi connectivity index (χ3v) is 6.18. The van der Waals surface area contributed by atoms with Gasteiger partial charge >= 0.3 is 11.9 Å². The molecular formula is C29H35NO10. The van der Waals surface area contributed by atoms with E-state index in [0.29, 0.717) is 38.5 Å². The highest BCUT2D eigenvalue weighted by atomic mass is 16.6. The first kappa shape index (κ1) is 31.9. The largest absolute Gasteiger partial charge is 0.504 e. The molecule has 11 nitrogen and oxygen atoms in total. The van der Waals surface area contributed by atoms with Crippen LogP contribution >= 0.6 is 0 Å². The number of ketones is 2. The molecule has 0 saturated carbocycles. The Morgan fingerprint density at radius 1 is 0.800 bits per heavy atom. The number of carbonyl (C=O) groups is 4. The fraction of sp³-hybridized carbons (Fsp3) is 0.448. The Morgan fingerprint density at radius 2 is 1.35 bits per heavy atom. The van der Waals surface area contributed by atoms with E-state index in [1.807, 2.05) is 20.8 Å². The van der Waals surface area contributed by atoms with Crippen molar-refractivity contribution in [3.05, 3.63) is 56.6 Å². The Hall–Kier alpha value is -4.28. The predicted octanol–water partition coefficient (Wildman–Crippen LogP) is 6.20. The van der Waals surface area contributed by atoms with E-state index >= 15 is 0 Å². The minimum atomic E-state index is -1.25. The second-order valence-corrected chi connectivity index (χ2v) is 9.24. The fourth-order valence-corrected chi connectivity index (χ4v) is 3.98. The highest BCUT2D eigenvalue weighted by Gasteiger charge is 2.36. The van der Waals surface area contributed by atoms with Crippen molar-refractivity contribution in [3.63, 3.8) is 0 Å². The average molecular weight is 558 g/mol. The van der Waals surface area contributed by atoms with E-state index in [9.17, 15) is 39.5 Å². The maximum Gasteiger partial charge on any atom is 0.340 e. The molecule has 0 aliphatic carbocycles. The molecule has 0 atom stereocenters. The van der Waals surface area contributed by atoms with Crippen LogP contribution in [-0.2, 0) is 16.1 Å². The van der Waals surface area contributed by atoms with Gasteiger partial charge in [-0.05, 0) is 25.3 Å². The number of para-hydroxylation sites is 1. The Balaban J connectivity index is 2.76. The molecule has 0 amide bonds. The predicted molar refractivity (Wildman–Crippen MR) is 145 cm³/mol. The van der Waals surface area contributed by atoms with Gasteiger partial charge in [0, 0.05) is 25.3 Å². The lowest BCUT2D eigenvalue weighted by atomic mass is 9.90. The molecule has 0 unspecified atom stereocenters. The zero-order valence-electron chi connectivity index (χ0n) is 23.0. The summed E-state index contributed by atoms with van der Waals surface area (Å²) in [5, 5.41) is 33.1. The number of hydrogen-bond acceptors (Lipinski definition) is 10. The highest BCUT2D eigenvalue weighted by Crippen LogP contribution is 2.46. The maximum absolute atomic E-state index is 13.5. The smallest absolute Gasteiger partial charge is 0.340 e. The number of rotatable bonds is 16. The average Bonchev–Trinajstić information content (AvgIpc) is 2.94. The number of phenolic OH excluding ortho intramolecular Hbond substituents is 2. The number of nitro groups is 1. The second-order valence-electron chi connectivity index (χ2n) is 9.24. The fourth-order valence-electron chi connectivity index (χ4n) is 3.98. The molecule has 40 heavy (non-hydrogen) atoms. The minimum Gasteiger partial charge on any atom is -0.504 e. The van der Waals surface area contributed by atoms with Crippen LogP contribution in [-0.4, -0.2) is 38.6 Å². The van der Waals surface area contributed by atoms with Gasteiger partial charge in [0.15, 0.2) is 23.1 Å². The van der Waals surface area contributed by atoms with Gasteiger partial charge in [-0.25, -0.2) is 4.79 Å². The normalized spacial score (nSPS) is 10.7. The number of benzene rings is 2. The summed E-state index contributed by atoms with van der Waals surface area (Å²) in [6.45, 7) is 4.91. The van der Waals surface area contributed by atoms with Crippen molar-refractivity contribution in [2.75, 3.05) is 0 Å². The Morgan fingerprint density at radius 3 is 1.93 bits per heavy atom. The summed E-state index contributed by atoms with van der Waals surface area (Å²) in [4.78, 5) is 63.4. The molecule has 2 N–H and O–H groups in total. The number of carbonyl (C=O) groups excluding carboxylic acids is 4. The van der Waals surface area contributed by atoms with Crippen LogP contribution in [0.2, 0.25) is 0 Å². The van der Waals surface area contributed by atoms with E-state index in [1.165, 1.54) is 24.3 Å². The van der Waals surface area contributed by atoms with E-state index in [0.717, 1.165) is 0 Å². The SMILES string of the molecule is CCCCC(=O)Oc1c(O)c(O)c(C(=O)CCCC)c(C(=O)OCc2ccccc2[N+](=O)[O-])c1C(=O)CCCC. The van der Waals surface area contributed by atoms with Crippen LogP contribution in [0.25, 0.3) is 0 Å². The molecule has 0 aromatic heterocycles. The zero-order chi connectivity index (χ0) is 29.8. The molecule has 0 bridgehead atoms. The Bertz CT molecular complexity index is 1270. The van der Waals surface area contributed by atoms with Gasteiger partial charge < -0.3 is 19.7 Å². The van der Waals surface area contributed by atoms with Crippen molar-refractivity contribution >= 4 is 29.2 Å². The number of nitrogens with zero attached hydrogens (tertiary/aromatic N) is 1. The lowest BCUT2D eigenvalue weighted by molar-refractivity contribution is -0.385. The highest BCUT2D eigenvalue weighted by molar-refractivity contribution is 6.17. The molecule has 0 heterocycles. The number of phenols is 2. The summed E-state index contributed by atoms with van der Waals surface area (Å²) in [5.74, 6) is -6.28. The van der Waals surface area contributed by atoms with Gasteiger partial charge in [0.05, 0.1) is 27.2 Å². The molecule has 216 valence electrons. The quantitative estimate of drug-likeness (QED) is 0.0604. The number of hydrogen-bond donors (Lipinski definition) is 2. The van der Waals surface area contributed by atoms with Crippen LogP contribution in [0.5, 0.6) is 17.2 Å². The Labute approximate surface area is 232 Å². The van der Waals surface area contributed by atoms with E-state index in [-0.39, 0.29) is 30.5 Å². The molecule has 0 spiro atoms. The summed E-state index contributed by atoms with van der Waals surface area (Å²) in [7, 11) is 0. The number of aromatic hydroxyl groups is 2. The first-order valence-electron chi connectivity index (χ1n) is 13.4. The van der Waals surface area contributed by atoms with Crippen LogP contribution in [0.1, 0.15) is 115 Å². The molecule has 0 saturated heterocycles. The van der Waals surface area contributed by atoms with E-state index in [4.69, 9.17) is 9.47 Å². The number of ether oxygens (including phenoxy) is 2. The van der Waals surface area contributed by atoms with Gasteiger partial charge in [0.25, 0.3) is 5.69 Å². The van der Waals surface area contributed by atoms with Crippen molar-refractivity contribution in [1.29, 1.82) is 0 Å². The summed E-state index contributed by atoms with van der Waals surface area (Å²) in [6.07, 6.45) is 2.77. The second kappa shape index (κ2) is 15.3. The topological polar surface area (TPSA) is 170 Å². The van der Waals surface area contributed by atoms with Crippen LogP contribution < -0.4 is 4.74 Å². The molecule has 0 fully saturated rings. The van der Waals surface area contributed by atoms with Crippen molar-refractivity contribution < 1.29 is 43.8 Å². The van der Waals surface area contributed by atoms with Crippen molar-refractivity contribution in [3.8, 4) is 17.2 Å². The lowest BCUT2D eigenvalue weighted by Gasteiger charge is -2.20. The summed E-state index contributed by atoms with van der Waals surface area (Å²) in [6, 6.07) is 5.55.